The minimum Gasteiger partial charge on any atom is -0.368 e. The lowest BCUT2D eigenvalue weighted by molar-refractivity contribution is 0.631. The van der Waals surface area contributed by atoms with Crippen LogP contribution in [0.25, 0.3) is 5.95 Å². The Bertz CT molecular complexity index is 496. The first kappa shape index (κ1) is 12.8. The number of nitrogen functional groups attached to an aromatic ring is 1. The maximum atomic E-state index is 5.68. The van der Waals surface area contributed by atoms with Gasteiger partial charge in [-0.3, -0.25) is 0 Å². The summed E-state index contributed by atoms with van der Waals surface area (Å²) < 4.78 is 1.57. The van der Waals surface area contributed by atoms with Gasteiger partial charge in [-0.2, -0.15) is 20.1 Å². The van der Waals surface area contributed by atoms with Gasteiger partial charge in [0.15, 0.2) is 5.16 Å². The van der Waals surface area contributed by atoms with Crippen molar-refractivity contribution in [2.45, 2.75) is 25.4 Å². The molecule has 18 heavy (non-hydrogen) atoms. The van der Waals surface area contributed by atoms with E-state index in [2.05, 4.69) is 33.9 Å². The van der Waals surface area contributed by atoms with Crippen LogP contribution < -0.4 is 5.73 Å². The monoisotopic (exact) mass is 264 g/mol. The quantitative estimate of drug-likeness (QED) is 0.829. The first-order valence-corrected chi connectivity index (χ1v) is 6.78. The van der Waals surface area contributed by atoms with Crippen LogP contribution >= 0.6 is 11.8 Å². The first-order valence-electron chi connectivity index (χ1n) is 5.79. The Kier molecular flexibility index (Phi) is 4.14. The molecule has 0 saturated heterocycles. The number of thioether (sulfide) groups is 1. The van der Waals surface area contributed by atoms with Gasteiger partial charge in [0, 0.05) is 18.1 Å². The van der Waals surface area contributed by atoms with E-state index >= 15 is 0 Å². The number of anilines is 1. The predicted octanol–water partition coefficient (Wildman–Crippen LogP) is 1.78. The molecule has 0 spiro atoms. The first-order chi connectivity index (χ1) is 8.65. The van der Waals surface area contributed by atoms with Crippen molar-refractivity contribution in [2.75, 3.05) is 11.5 Å². The van der Waals surface area contributed by atoms with Gasteiger partial charge in [-0.25, -0.2) is 4.68 Å². The average molecular weight is 264 g/mol. The second-order valence-corrected chi connectivity index (χ2v) is 5.32. The third-order valence-corrected chi connectivity index (χ3v) is 3.14. The van der Waals surface area contributed by atoms with Gasteiger partial charge in [-0.1, -0.05) is 25.6 Å². The summed E-state index contributed by atoms with van der Waals surface area (Å²) in [6, 6.07) is 1.81. The number of rotatable bonds is 5. The molecule has 2 heterocycles. The second kappa shape index (κ2) is 5.81. The van der Waals surface area contributed by atoms with E-state index in [-0.39, 0.29) is 5.95 Å². The zero-order valence-electron chi connectivity index (χ0n) is 10.4. The van der Waals surface area contributed by atoms with Gasteiger partial charge in [0.1, 0.15) is 0 Å². The SMILES string of the molecule is CC(C)CCSc1nc(N)nc(-n2cccn2)n1. The van der Waals surface area contributed by atoms with Gasteiger partial charge in [-0.15, -0.1) is 0 Å². The van der Waals surface area contributed by atoms with Crippen molar-refractivity contribution >= 4 is 17.7 Å². The number of hydrogen-bond acceptors (Lipinski definition) is 6. The third kappa shape index (κ3) is 3.43. The van der Waals surface area contributed by atoms with Crippen LogP contribution in [0, 0.1) is 5.92 Å². The van der Waals surface area contributed by atoms with Crippen LogP contribution in [0.5, 0.6) is 0 Å². The molecule has 2 rings (SSSR count). The van der Waals surface area contributed by atoms with Gasteiger partial charge in [0.2, 0.25) is 5.95 Å². The van der Waals surface area contributed by atoms with Crippen LogP contribution in [0.2, 0.25) is 0 Å². The highest BCUT2D eigenvalue weighted by Crippen LogP contribution is 2.17. The summed E-state index contributed by atoms with van der Waals surface area (Å²) in [5.74, 6) is 2.32. The van der Waals surface area contributed by atoms with E-state index in [0.29, 0.717) is 17.0 Å². The van der Waals surface area contributed by atoms with E-state index in [4.69, 9.17) is 5.73 Å². The molecule has 0 aliphatic rings. The molecule has 2 N–H and O–H groups in total. The van der Waals surface area contributed by atoms with Gasteiger partial charge in [-0.05, 0) is 18.4 Å². The number of nitrogens with two attached hydrogens (primary N) is 1. The van der Waals surface area contributed by atoms with Crippen LogP contribution in [-0.2, 0) is 0 Å². The molecule has 0 atom stereocenters. The van der Waals surface area contributed by atoms with Crippen molar-refractivity contribution in [2.24, 2.45) is 5.92 Å². The summed E-state index contributed by atoms with van der Waals surface area (Å²) in [4.78, 5) is 12.5. The minimum atomic E-state index is 0.225. The highest BCUT2D eigenvalue weighted by molar-refractivity contribution is 7.99. The maximum Gasteiger partial charge on any atom is 0.256 e. The third-order valence-electron chi connectivity index (χ3n) is 2.26. The fourth-order valence-electron chi connectivity index (χ4n) is 1.30. The van der Waals surface area contributed by atoms with Crippen LogP contribution in [-0.4, -0.2) is 30.5 Å². The lowest BCUT2D eigenvalue weighted by Crippen LogP contribution is -2.07. The van der Waals surface area contributed by atoms with E-state index in [1.807, 2.05) is 6.07 Å². The molecule has 0 saturated carbocycles. The maximum absolute atomic E-state index is 5.68. The van der Waals surface area contributed by atoms with Gasteiger partial charge in [0.05, 0.1) is 0 Å². The zero-order valence-corrected chi connectivity index (χ0v) is 11.3. The van der Waals surface area contributed by atoms with E-state index in [1.165, 1.54) is 0 Å². The Morgan fingerprint density at radius 2 is 2.17 bits per heavy atom. The molecule has 96 valence electrons. The van der Waals surface area contributed by atoms with Crippen molar-refractivity contribution in [1.82, 2.24) is 24.7 Å². The number of hydrogen-bond donors (Lipinski definition) is 1. The van der Waals surface area contributed by atoms with Crippen molar-refractivity contribution in [3.8, 4) is 5.95 Å². The Morgan fingerprint density at radius 1 is 1.33 bits per heavy atom. The van der Waals surface area contributed by atoms with Gasteiger partial charge >= 0.3 is 0 Å². The summed E-state index contributed by atoms with van der Waals surface area (Å²) in [6.07, 6.45) is 4.57. The van der Waals surface area contributed by atoms with Crippen LogP contribution in [0.3, 0.4) is 0 Å². The fourth-order valence-corrected chi connectivity index (χ4v) is 2.38. The molecule has 0 fully saturated rings. The van der Waals surface area contributed by atoms with Crippen molar-refractivity contribution in [1.29, 1.82) is 0 Å². The Labute approximate surface area is 110 Å². The normalized spacial score (nSPS) is 11.1. The molecule has 0 amide bonds. The summed E-state index contributed by atoms with van der Waals surface area (Å²) in [7, 11) is 0. The highest BCUT2D eigenvalue weighted by Gasteiger charge is 2.07. The largest absolute Gasteiger partial charge is 0.368 e. The van der Waals surface area contributed by atoms with Gasteiger partial charge in [0.25, 0.3) is 5.95 Å². The number of nitrogens with zero attached hydrogens (tertiary/aromatic N) is 5. The molecule has 0 bridgehead atoms. The Morgan fingerprint density at radius 3 is 2.83 bits per heavy atom. The smallest absolute Gasteiger partial charge is 0.256 e. The molecule has 0 aromatic carbocycles. The highest BCUT2D eigenvalue weighted by atomic mass is 32.2. The van der Waals surface area contributed by atoms with E-state index < -0.39 is 0 Å². The number of aromatic nitrogens is 5. The molecule has 2 aromatic rings. The molecule has 7 heteroatoms. The Balaban J connectivity index is 2.12. The minimum absolute atomic E-state index is 0.225. The molecule has 0 aliphatic carbocycles. The van der Waals surface area contributed by atoms with Crippen LogP contribution in [0.1, 0.15) is 20.3 Å². The van der Waals surface area contributed by atoms with Crippen molar-refractivity contribution in [3.63, 3.8) is 0 Å². The summed E-state index contributed by atoms with van der Waals surface area (Å²) in [5, 5.41) is 4.72. The van der Waals surface area contributed by atoms with E-state index in [1.54, 1.807) is 28.8 Å². The fraction of sp³-hybridized carbons (Fsp3) is 0.455. The van der Waals surface area contributed by atoms with Crippen LogP contribution in [0.15, 0.2) is 23.6 Å². The summed E-state index contributed by atoms with van der Waals surface area (Å²) in [6.45, 7) is 4.38. The van der Waals surface area contributed by atoms with Crippen molar-refractivity contribution in [3.05, 3.63) is 18.5 Å². The molecule has 6 nitrogen and oxygen atoms in total. The zero-order chi connectivity index (χ0) is 13.0. The van der Waals surface area contributed by atoms with E-state index in [9.17, 15) is 0 Å². The predicted molar refractivity (Wildman–Crippen MR) is 71.5 cm³/mol. The van der Waals surface area contributed by atoms with Gasteiger partial charge < -0.3 is 5.73 Å². The van der Waals surface area contributed by atoms with E-state index in [0.717, 1.165) is 12.2 Å². The standard InChI is InChI=1S/C11H16N6S/c1-8(2)4-7-18-11-15-9(12)14-10(16-11)17-6-3-5-13-17/h3,5-6,8H,4,7H2,1-2H3,(H2,12,14,15,16). The molecule has 2 aromatic heterocycles. The average Bonchev–Trinajstić information content (AvgIpc) is 2.81. The molecular formula is C11H16N6S. The molecule has 0 aliphatic heterocycles. The lowest BCUT2D eigenvalue weighted by Gasteiger charge is -2.05. The van der Waals surface area contributed by atoms with Crippen molar-refractivity contribution < 1.29 is 0 Å². The summed E-state index contributed by atoms with van der Waals surface area (Å²) >= 11 is 1.59. The Hall–Kier alpha value is -1.63. The second-order valence-electron chi connectivity index (χ2n) is 4.26. The molecular weight excluding hydrogens is 248 g/mol. The van der Waals surface area contributed by atoms with Crippen LogP contribution in [0.4, 0.5) is 5.95 Å². The molecule has 0 radical (unpaired) electrons. The molecule has 0 unspecified atom stereocenters. The lowest BCUT2D eigenvalue weighted by atomic mass is 10.2. The summed E-state index contributed by atoms with van der Waals surface area (Å²) in [5.41, 5.74) is 5.68. The topological polar surface area (TPSA) is 82.5 Å².